The van der Waals surface area contributed by atoms with Crippen molar-refractivity contribution >= 4 is 17.9 Å². The SMILES string of the molecule is CC(C)(C)CCCCCC(=O)O.CC(C)CCCCC(=O)O.CC(C)CCCCCCC(=O)O.[Ce]. The standard InChI is InChI=1S/2C10H20O2.C8H16O2.Ce/c1-10(2,3)8-6-4-5-7-9(11)12;1-9(2)7-5-3-4-6-8-10(11)12;1-7(2)5-3-4-6-8(9)10;/h4-8H2,1-3H3,(H,11,12);9H,3-8H2,1-2H3,(H,11,12);7H,3-6H2,1-2H3,(H,9,10);. The number of unbranched alkanes of at least 4 members (excludes halogenated alkanes) is 6. The average Bonchev–Trinajstić information content (AvgIpc) is 2.67. The summed E-state index contributed by atoms with van der Waals surface area (Å²) in [5, 5.41) is 25.0. The van der Waals surface area contributed by atoms with Gasteiger partial charge in [-0.2, -0.15) is 0 Å². The summed E-state index contributed by atoms with van der Waals surface area (Å²) in [6.07, 6.45) is 13.8. The number of aliphatic carboxylic acids is 3. The summed E-state index contributed by atoms with van der Waals surface area (Å²) in [5.41, 5.74) is 0.392. The van der Waals surface area contributed by atoms with Gasteiger partial charge in [-0.3, -0.25) is 14.4 Å². The van der Waals surface area contributed by atoms with Crippen molar-refractivity contribution in [2.45, 2.75) is 145 Å². The van der Waals surface area contributed by atoms with E-state index in [1.807, 2.05) is 0 Å². The maximum atomic E-state index is 10.2. The van der Waals surface area contributed by atoms with E-state index in [0.29, 0.717) is 30.6 Å². The van der Waals surface area contributed by atoms with Crippen LogP contribution in [-0.4, -0.2) is 33.2 Å². The van der Waals surface area contributed by atoms with Crippen molar-refractivity contribution < 1.29 is 71.5 Å². The Hall–Kier alpha value is -0.213. The molecule has 0 saturated carbocycles. The van der Waals surface area contributed by atoms with E-state index in [1.165, 1.54) is 25.7 Å². The third-order valence-electron chi connectivity index (χ3n) is 5.16. The van der Waals surface area contributed by atoms with Crippen LogP contribution in [0.3, 0.4) is 0 Å². The third-order valence-corrected chi connectivity index (χ3v) is 5.16. The predicted molar refractivity (Wildman–Crippen MR) is 141 cm³/mol. The van der Waals surface area contributed by atoms with E-state index < -0.39 is 17.9 Å². The Bertz CT molecular complexity index is 498. The zero-order valence-corrected chi connectivity index (χ0v) is 27.0. The van der Waals surface area contributed by atoms with Gasteiger partial charge in [0.15, 0.2) is 0 Å². The molecule has 0 spiro atoms. The van der Waals surface area contributed by atoms with Crippen LogP contribution in [0.2, 0.25) is 0 Å². The van der Waals surface area contributed by atoms with Crippen molar-refractivity contribution in [3.63, 3.8) is 0 Å². The Labute approximate surface area is 249 Å². The fourth-order valence-corrected chi connectivity index (χ4v) is 3.12. The van der Waals surface area contributed by atoms with Gasteiger partial charge in [0.25, 0.3) is 0 Å². The zero-order valence-electron chi connectivity index (χ0n) is 23.8. The Morgan fingerprint density at radius 2 is 0.829 bits per heavy atom. The number of carboxylic acid groups (broad SMARTS) is 3. The monoisotopic (exact) mass is 628 g/mol. The van der Waals surface area contributed by atoms with E-state index >= 15 is 0 Å². The molecular formula is C28H56CeO6. The molecule has 0 radical (unpaired) electrons. The molecule has 0 saturated heterocycles. The Morgan fingerprint density at radius 1 is 0.543 bits per heavy atom. The summed E-state index contributed by atoms with van der Waals surface area (Å²) in [5.74, 6) is -0.536. The van der Waals surface area contributed by atoms with Crippen LogP contribution >= 0.6 is 0 Å². The molecule has 0 unspecified atom stereocenters. The third kappa shape index (κ3) is 55.6. The summed E-state index contributed by atoms with van der Waals surface area (Å²) in [7, 11) is 0. The van der Waals surface area contributed by atoms with E-state index in [1.54, 1.807) is 0 Å². The summed E-state index contributed by atoms with van der Waals surface area (Å²) in [6, 6.07) is 0. The summed E-state index contributed by atoms with van der Waals surface area (Å²) < 4.78 is 0. The molecule has 0 amide bonds. The quantitative estimate of drug-likeness (QED) is 0.139. The molecule has 208 valence electrons. The minimum atomic E-state index is -0.677. The molecule has 3 N–H and O–H groups in total. The summed E-state index contributed by atoms with van der Waals surface area (Å²) in [4.78, 5) is 30.3. The molecular weight excluding hydrogens is 572 g/mol. The van der Waals surface area contributed by atoms with Gasteiger partial charge in [0.05, 0.1) is 0 Å². The second kappa shape index (κ2) is 28.4. The van der Waals surface area contributed by atoms with Gasteiger partial charge >= 0.3 is 17.9 Å². The first-order valence-corrected chi connectivity index (χ1v) is 13.3. The molecule has 35 heavy (non-hydrogen) atoms. The van der Waals surface area contributed by atoms with Crippen molar-refractivity contribution in [2.24, 2.45) is 17.3 Å². The molecule has 0 rings (SSSR count). The van der Waals surface area contributed by atoms with Gasteiger partial charge in [0.1, 0.15) is 0 Å². The van der Waals surface area contributed by atoms with E-state index in [-0.39, 0.29) is 41.7 Å². The topological polar surface area (TPSA) is 112 Å². The predicted octanol–water partition coefficient (Wildman–Crippen LogP) is 8.42. The average molecular weight is 629 g/mol. The van der Waals surface area contributed by atoms with Crippen molar-refractivity contribution in [3.8, 4) is 0 Å². The second-order valence-electron chi connectivity index (χ2n) is 11.3. The fraction of sp³-hybridized carbons (Fsp3) is 0.893. The molecule has 0 heterocycles. The van der Waals surface area contributed by atoms with Gasteiger partial charge in [0, 0.05) is 61.0 Å². The maximum absolute atomic E-state index is 10.2. The van der Waals surface area contributed by atoms with Gasteiger partial charge in [-0.25, -0.2) is 0 Å². The summed E-state index contributed by atoms with van der Waals surface area (Å²) >= 11 is 0. The van der Waals surface area contributed by atoms with Crippen LogP contribution < -0.4 is 0 Å². The molecule has 7 heteroatoms. The maximum Gasteiger partial charge on any atom is 0.303 e. The molecule has 0 aliphatic heterocycles. The number of carboxylic acids is 3. The fourth-order valence-electron chi connectivity index (χ4n) is 3.12. The first-order valence-electron chi connectivity index (χ1n) is 13.3. The Balaban J connectivity index is -0.000000204. The van der Waals surface area contributed by atoms with Crippen molar-refractivity contribution in [2.75, 3.05) is 0 Å². The molecule has 0 bridgehead atoms. The second-order valence-corrected chi connectivity index (χ2v) is 11.3. The van der Waals surface area contributed by atoms with E-state index in [9.17, 15) is 14.4 Å². The molecule has 6 nitrogen and oxygen atoms in total. The van der Waals surface area contributed by atoms with Crippen LogP contribution in [0.25, 0.3) is 0 Å². The Kier molecular flexibility index (Phi) is 33.9. The van der Waals surface area contributed by atoms with Gasteiger partial charge < -0.3 is 15.3 Å². The Morgan fingerprint density at radius 3 is 1.14 bits per heavy atom. The van der Waals surface area contributed by atoms with Crippen LogP contribution in [0.5, 0.6) is 0 Å². The normalized spacial score (nSPS) is 10.5. The van der Waals surface area contributed by atoms with Crippen molar-refractivity contribution in [1.82, 2.24) is 0 Å². The smallest absolute Gasteiger partial charge is 0.303 e. The molecule has 0 aliphatic rings. The first-order chi connectivity index (χ1) is 15.7. The first kappa shape index (κ1) is 41.9. The minimum Gasteiger partial charge on any atom is -0.481 e. The summed E-state index contributed by atoms with van der Waals surface area (Å²) in [6.45, 7) is 15.4. The van der Waals surface area contributed by atoms with Gasteiger partial charge in [-0.1, -0.05) is 99.8 Å². The number of hydrogen-bond donors (Lipinski definition) is 3. The molecule has 0 aromatic rings. The van der Waals surface area contributed by atoms with E-state index in [4.69, 9.17) is 15.3 Å². The molecule has 0 aromatic carbocycles. The molecule has 0 fully saturated rings. The van der Waals surface area contributed by atoms with Crippen molar-refractivity contribution in [3.05, 3.63) is 0 Å². The van der Waals surface area contributed by atoms with Gasteiger partial charge in [0.2, 0.25) is 0 Å². The van der Waals surface area contributed by atoms with E-state index in [0.717, 1.165) is 57.3 Å². The van der Waals surface area contributed by atoms with Crippen LogP contribution in [0.4, 0.5) is 0 Å². The number of rotatable bonds is 17. The largest absolute Gasteiger partial charge is 0.481 e. The number of carbonyl (C=O) groups is 3. The van der Waals surface area contributed by atoms with Crippen LogP contribution in [0.15, 0.2) is 0 Å². The molecule has 0 aromatic heterocycles. The molecule has 0 atom stereocenters. The number of hydrogen-bond acceptors (Lipinski definition) is 3. The molecule has 0 aliphatic carbocycles. The zero-order chi connectivity index (χ0) is 27.0. The van der Waals surface area contributed by atoms with Crippen LogP contribution in [0.1, 0.15) is 145 Å². The minimum absolute atomic E-state index is 0. The van der Waals surface area contributed by atoms with Gasteiger partial charge in [-0.05, 0) is 42.9 Å². The van der Waals surface area contributed by atoms with Crippen LogP contribution in [0, 0.1) is 59.0 Å². The van der Waals surface area contributed by atoms with E-state index in [2.05, 4.69) is 48.5 Å². The van der Waals surface area contributed by atoms with Crippen LogP contribution in [-0.2, 0) is 14.4 Å². The van der Waals surface area contributed by atoms with Crippen molar-refractivity contribution in [1.29, 1.82) is 0 Å². The van der Waals surface area contributed by atoms with Gasteiger partial charge in [-0.15, -0.1) is 0 Å².